The Bertz CT molecular complexity index is 1170. The Morgan fingerprint density at radius 3 is 2.35 bits per heavy atom. The lowest BCUT2D eigenvalue weighted by atomic mass is 10.0. The number of carbonyl (C=O) groups is 2. The van der Waals surface area contributed by atoms with Gasteiger partial charge in [-0.2, -0.15) is 0 Å². The first-order valence-electron chi connectivity index (χ1n) is 12.7. The summed E-state index contributed by atoms with van der Waals surface area (Å²) in [4.78, 5) is 28.8. The monoisotopic (exact) mass is 628 g/mol. The Labute approximate surface area is 236 Å². The van der Waals surface area contributed by atoms with Crippen molar-refractivity contribution in [2.45, 2.75) is 52.1 Å². The van der Waals surface area contributed by atoms with Crippen LogP contribution < -0.4 is 10.1 Å². The number of nitrogens with zero attached hydrogens (tertiary/aromatic N) is 1. The number of aryl methyl sites for hydroxylation is 1. The molecule has 0 bridgehead atoms. The summed E-state index contributed by atoms with van der Waals surface area (Å²) in [5.74, 6) is 0.187. The first-order valence-corrected chi connectivity index (χ1v) is 14.3. The lowest BCUT2D eigenvalue weighted by Gasteiger charge is -2.31. The lowest BCUT2D eigenvalue weighted by Crippen LogP contribution is -2.51. The number of amides is 2. The van der Waals surface area contributed by atoms with Crippen LogP contribution in [0.25, 0.3) is 0 Å². The van der Waals surface area contributed by atoms with E-state index >= 15 is 0 Å². The first kappa shape index (κ1) is 28.9. The molecule has 37 heavy (non-hydrogen) atoms. The number of hydrogen-bond donors (Lipinski definition) is 1. The molecule has 0 aliphatic rings. The second-order valence-corrected chi connectivity index (χ2v) is 10.7. The third kappa shape index (κ3) is 9.00. The Hall–Kier alpha value is -2.64. The standard InChI is InChI=1S/C30H34Br2N2O3/c1-3-5-16-33-30(36)27(19-23-10-7-6-8-11-23)34(20-24-12-9-13-25(31)17-24)29(35)21-37-28-15-14-22(4-2)18-26(28)32/h6-15,17-18,27H,3-5,16,19-21H2,1-2H3,(H,33,36)/t27-/m1/s1. The predicted octanol–water partition coefficient (Wildman–Crippen LogP) is 6.71. The molecule has 1 N–H and O–H groups in total. The SMILES string of the molecule is CCCCNC(=O)[C@@H](Cc1ccccc1)N(Cc1cccc(Br)c1)C(=O)COc1ccc(CC)cc1Br. The number of unbranched alkanes of at least 4 members (excludes halogenated alkanes) is 1. The van der Waals surface area contributed by atoms with Gasteiger partial charge in [0, 0.05) is 24.0 Å². The molecule has 1 atom stereocenters. The minimum absolute atomic E-state index is 0.158. The van der Waals surface area contributed by atoms with E-state index in [1.165, 1.54) is 5.56 Å². The van der Waals surface area contributed by atoms with Crippen molar-refractivity contribution in [1.82, 2.24) is 10.2 Å². The van der Waals surface area contributed by atoms with Crippen LogP contribution in [0.5, 0.6) is 5.75 Å². The number of nitrogens with one attached hydrogen (secondary N) is 1. The summed E-state index contributed by atoms with van der Waals surface area (Å²) in [6.45, 7) is 4.86. The van der Waals surface area contributed by atoms with Crippen molar-refractivity contribution in [2.24, 2.45) is 0 Å². The predicted molar refractivity (Wildman–Crippen MR) is 156 cm³/mol. The summed E-state index contributed by atoms with van der Waals surface area (Å²) in [5, 5.41) is 3.04. The smallest absolute Gasteiger partial charge is 0.261 e. The largest absolute Gasteiger partial charge is 0.483 e. The average Bonchev–Trinajstić information content (AvgIpc) is 2.90. The zero-order valence-electron chi connectivity index (χ0n) is 21.4. The van der Waals surface area contributed by atoms with Gasteiger partial charge >= 0.3 is 0 Å². The van der Waals surface area contributed by atoms with E-state index in [4.69, 9.17) is 4.74 Å². The topological polar surface area (TPSA) is 58.6 Å². The molecule has 0 aliphatic carbocycles. The van der Waals surface area contributed by atoms with Crippen LogP contribution in [-0.2, 0) is 29.0 Å². The van der Waals surface area contributed by atoms with E-state index in [-0.39, 0.29) is 25.0 Å². The number of carbonyl (C=O) groups excluding carboxylic acids is 2. The van der Waals surface area contributed by atoms with Gasteiger partial charge in [0.05, 0.1) is 4.47 Å². The molecule has 3 aromatic rings. The molecule has 0 heterocycles. The van der Waals surface area contributed by atoms with Crippen LogP contribution in [0.2, 0.25) is 0 Å². The van der Waals surface area contributed by atoms with Crippen LogP contribution in [0.4, 0.5) is 0 Å². The summed E-state index contributed by atoms with van der Waals surface area (Å²) in [6.07, 6.45) is 3.18. The first-order chi connectivity index (χ1) is 17.9. The molecule has 0 aliphatic heterocycles. The van der Waals surface area contributed by atoms with Gasteiger partial charge in [-0.1, -0.05) is 84.7 Å². The molecule has 0 spiro atoms. The van der Waals surface area contributed by atoms with Crippen LogP contribution in [0.15, 0.2) is 81.7 Å². The summed E-state index contributed by atoms with van der Waals surface area (Å²) in [5.41, 5.74) is 3.09. The maximum Gasteiger partial charge on any atom is 0.261 e. The summed E-state index contributed by atoms with van der Waals surface area (Å²) in [6, 6.07) is 22.8. The van der Waals surface area contributed by atoms with Gasteiger partial charge in [0.1, 0.15) is 11.8 Å². The molecule has 0 aromatic heterocycles. The Balaban J connectivity index is 1.89. The Morgan fingerprint density at radius 2 is 1.68 bits per heavy atom. The number of hydrogen-bond acceptors (Lipinski definition) is 3. The third-order valence-electron chi connectivity index (χ3n) is 6.10. The molecule has 0 unspecified atom stereocenters. The highest BCUT2D eigenvalue weighted by Gasteiger charge is 2.30. The van der Waals surface area contributed by atoms with Crippen molar-refractivity contribution in [3.63, 3.8) is 0 Å². The fraction of sp³-hybridized carbons (Fsp3) is 0.333. The Morgan fingerprint density at radius 1 is 0.919 bits per heavy atom. The van der Waals surface area contributed by atoms with Crippen LogP contribution in [0.1, 0.15) is 43.4 Å². The third-order valence-corrected chi connectivity index (χ3v) is 7.21. The summed E-state index contributed by atoms with van der Waals surface area (Å²) < 4.78 is 7.66. The fourth-order valence-corrected chi connectivity index (χ4v) is 4.98. The second-order valence-electron chi connectivity index (χ2n) is 8.91. The van der Waals surface area contributed by atoms with Crippen LogP contribution in [-0.4, -0.2) is 35.9 Å². The van der Waals surface area contributed by atoms with Crippen molar-refractivity contribution < 1.29 is 14.3 Å². The van der Waals surface area contributed by atoms with Crippen molar-refractivity contribution in [3.05, 3.63) is 98.4 Å². The number of rotatable bonds is 13. The highest BCUT2D eigenvalue weighted by molar-refractivity contribution is 9.10. The van der Waals surface area contributed by atoms with E-state index in [1.807, 2.05) is 72.8 Å². The molecule has 2 amide bonds. The van der Waals surface area contributed by atoms with Crippen LogP contribution in [0.3, 0.4) is 0 Å². The number of halogens is 2. The number of ether oxygens (including phenoxy) is 1. The van der Waals surface area contributed by atoms with Crippen molar-refractivity contribution in [1.29, 1.82) is 0 Å². The zero-order chi connectivity index (χ0) is 26.6. The molecule has 0 radical (unpaired) electrons. The molecule has 0 saturated heterocycles. The van der Waals surface area contributed by atoms with Crippen molar-refractivity contribution in [2.75, 3.05) is 13.2 Å². The van der Waals surface area contributed by atoms with Gasteiger partial charge in [-0.05, 0) is 69.7 Å². The van der Waals surface area contributed by atoms with Gasteiger partial charge in [0.2, 0.25) is 5.91 Å². The van der Waals surface area contributed by atoms with Crippen LogP contribution >= 0.6 is 31.9 Å². The van der Waals surface area contributed by atoms with E-state index in [9.17, 15) is 9.59 Å². The van der Waals surface area contributed by atoms with Gasteiger partial charge in [-0.15, -0.1) is 0 Å². The average molecular weight is 630 g/mol. The highest BCUT2D eigenvalue weighted by Crippen LogP contribution is 2.26. The van der Waals surface area contributed by atoms with Gasteiger partial charge < -0.3 is 15.0 Å². The minimum Gasteiger partial charge on any atom is -0.483 e. The molecule has 3 rings (SSSR count). The van der Waals surface area contributed by atoms with Gasteiger partial charge in [-0.3, -0.25) is 9.59 Å². The molecular formula is C30H34Br2N2O3. The normalized spacial score (nSPS) is 11.6. The molecule has 7 heteroatoms. The van der Waals surface area contributed by atoms with E-state index in [1.54, 1.807) is 4.90 Å². The highest BCUT2D eigenvalue weighted by atomic mass is 79.9. The molecular weight excluding hydrogens is 596 g/mol. The van der Waals surface area contributed by atoms with E-state index < -0.39 is 6.04 Å². The van der Waals surface area contributed by atoms with Crippen LogP contribution in [0, 0.1) is 0 Å². The molecule has 3 aromatic carbocycles. The molecule has 0 fully saturated rings. The minimum atomic E-state index is -0.680. The summed E-state index contributed by atoms with van der Waals surface area (Å²) in [7, 11) is 0. The van der Waals surface area contributed by atoms with Gasteiger partial charge in [0.25, 0.3) is 5.91 Å². The fourth-order valence-electron chi connectivity index (χ4n) is 4.00. The van der Waals surface area contributed by atoms with Crippen molar-refractivity contribution in [3.8, 4) is 5.75 Å². The summed E-state index contributed by atoms with van der Waals surface area (Å²) >= 11 is 7.07. The second kappa shape index (κ2) is 14.9. The maximum absolute atomic E-state index is 13.7. The molecule has 196 valence electrons. The zero-order valence-corrected chi connectivity index (χ0v) is 24.6. The molecule has 5 nitrogen and oxygen atoms in total. The van der Waals surface area contributed by atoms with E-state index in [0.717, 1.165) is 39.3 Å². The van der Waals surface area contributed by atoms with E-state index in [2.05, 4.69) is 51.0 Å². The lowest BCUT2D eigenvalue weighted by molar-refractivity contribution is -0.142. The van der Waals surface area contributed by atoms with E-state index in [0.29, 0.717) is 18.7 Å². The van der Waals surface area contributed by atoms with Gasteiger partial charge in [0.15, 0.2) is 6.61 Å². The Kier molecular flexibility index (Phi) is 11.7. The van der Waals surface area contributed by atoms with Crippen molar-refractivity contribution >= 4 is 43.7 Å². The maximum atomic E-state index is 13.7. The quantitative estimate of drug-likeness (QED) is 0.214. The molecule has 0 saturated carbocycles. The van der Waals surface area contributed by atoms with Gasteiger partial charge in [-0.25, -0.2) is 0 Å². The number of benzene rings is 3.